The van der Waals surface area contributed by atoms with E-state index in [0.717, 1.165) is 10.9 Å². The lowest BCUT2D eigenvalue weighted by Gasteiger charge is -2.20. The van der Waals surface area contributed by atoms with E-state index in [0.29, 0.717) is 28.4 Å². The topological polar surface area (TPSA) is 164 Å². The summed E-state index contributed by atoms with van der Waals surface area (Å²) < 4.78 is 29.9. The Kier molecular flexibility index (Phi) is 9.69. The fraction of sp³-hybridized carbons (Fsp3) is 0.367. The number of hydrogen-bond donors (Lipinski definition) is 2. The van der Waals surface area contributed by atoms with Gasteiger partial charge in [0, 0.05) is 23.3 Å². The van der Waals surface area contributed by atoms with Crippen molar-refractivity contribution in [2.24, 2.45) is 0 Å². The number of H-pyrrole nitrogens is 1. The number of rotatable bonds is 5. The second-order valence-corrected chi connectivity index (χ2v) is 11.1. The third kappa shape index (κ3) is 8.03. The average molecular weight is 598 g/mol. The summed E-state index contributed by atoms with van der Waals surface area (Å²) in [6.45, 7) is 10.0. The first kappa shape index (κ1) is 32.4. The largest absolute Gasteiger partial charge is 0.519 e. The number of nitrogens with one attached hydrogen (secondary N) is 2. The molecule has 0 spiro atoms. The zero-order valence-corrected chi connectivity index (χ0v) is 25.5. The van der Waals surface area contributed by atoms with E-state index in [2.05, 4.69) is 20.0 Å². The minimum atomic E-state index is -1.06. The fourth-order valence-corrected chi connectivity index (χ4v) is 4.00. The summed E-state index contributed by atoms with van der Waals surface area (Å²) >= 11 is 0. The van der Waals surface area contributed by atoms with Crippen molar-refractivity contribution in [1.29, 1.82) is 0 Å². The Morgan fingerprint density at radius 3 is 1.81 bits per heavy atom. The molecule has 0 saturated carbocycles. The van der Waals surface area contributed by atoms with E-state index in [1.54, 1.807) is 78.3 Å². The van der Waals surface area contributed by atoms with Crippen LogP contribution < -0.4 is 19.5 Å². The first-order chi connectivity index (χ1) is 20.1. The van der Waals surface area contributed by atoms with E-state index in [4.69, 9.17) is 23.7 Å². The second-order valence-electron chi connectivity index (χ2n) is 11.1. The highest BCUT2D eigenvalue weighted by atomic mass is 16.8. The zero-order valence-electron chi connectivity index (χ0n) is 25.5. The number of fused-ring (bicyclic) bond motifs is 1. The van der Waals surface area contributed by atoms with Crippen LogP contribution in [0, 0.1) is 0 Å². The first-order valence-electron chi connectivity index (χ1n) is 13.0. The van der Waals surface area contributed by atoms with Crippen molar-refractivity contribution in [3.05, 3.63) is 47.9 Å². The lowest BCUT2D eigenvalue weighted by molar-refractivity contribution is -0.122. The van der Waals surface area contributed by atoms with Crippen molar-refractivity contribution in [1.82, 2.24) is 15.3 Å². The molecule has 2 N–H and O–H groups in total. The number of nitrogens with zero attached hydrogens (tertiary/aromatic N) is 1. The maximum absolute atomic E-state index is 12.7. The molecule has 2 amide bonds. The van der Waals surface area contributed by atoms with Gasteiger partial charge >= 0.3 is 12.3 Å². The van der Waals surface area contributed by atoms with E-state index >= 15 is 0 Å². The molecule has 1 aliphatic rings. The number of amides is 2. The van der Waals surface area contributed by atoms with Crippen LogP contribution in [0.15, 0.2) is 36.8 Å². The number of ether oxygens (including phenoxy) is 6. The summed E-state index contributed by atoms with van der Waals surface area (Å²) in [7, 11) is 4.47. The number of benzene rings is 1. The van der Waals surface area contributed by atoms with Crippen molar-refractivity contribution in [2.45, 2.75) is 52.7 Å². The molecule has 0 bridgehead atoms. The molecule has 2 aromatic heterocycles. The summed E-state index contributed by atoms with van der Waals surface area (Å²) in [5.74, 6) is 0.223. The molecule has 1 aliphatic heterocycles. The van der Waals surface area contributed by atoms with Crippen LogP contribution in [0.1, 0.15) is 52.7 Å². The number of carbonyl (C=O) groups is 4. The molecule has 0 saturated heterocycles. The van der Waals surface area contributed by atoms with Crippen LogP contribution in [0.25, 0.3) is 22.0 Å². The Morgan fingerprint density at radius 2 is 1.33 bits per heavy atom. The average Bonchev–Trinajstić information content (AvgIpc) is 3.44. The summed E-state index contributed by atoms with van der Waals surface area (Å²) in [4.78, 5) is 54.5. The van der Waals surface area contributed by atoms with E-state index in [9.17, 15) is 19.2 Å². The molecule has 0 unspecified atom stereocenters. The molecule has 13 nitrogen and oxygen atoms in total. The lowest BCUT2D eigenvalue weighted by atomic mass is 9.95. The van der Waals surface area contributed by atoms with Crippen LogP contribution in [-0.4, -0.2) is 66.6 Å². The van der Waals surface area contributed by atoms with Crippen LogP contribution in [-0.2, 0) is 23.8 Å². The molecule has 0 radical (unpaired) electrons. The third-order valence-corrected chi connectivity index (χ3v) is 5.58. The molecule has 13 heteroatoms. The molecule has 3 aromatic rings. The minimum Gasteiger partial charge on any atom is -0.493 e. The van der Waals surface area contributed by atoms with Gasteiger partial charge in [-0.05, 0) is 65.3 Å². The van der Waals surface area contributed by atoms with Crippen LogP contribution >= 0.6 is 0 Å². The van der Waals surface area contributed by atoms with Crippen molar-refractivity contribution in [2.75, 3.05) is 21.3 Å². The molecule has 1 aromatic carbocycles. The zero-order chi connectivity index (χ0) is 32.1. The maximum Gasteiger partial charge on any atom is 0.519 e. The Morgan fingerprint density at radius 1 is 0.791 bits per heavy atom. The van der Waals surface area contributed by atoms with Crippen molar-refractivity contribution >= 4 is 46.2 Å². The number of aromatic amines is 1. The van der Waals surface area contributed by atoms with E-state index < -0.39 is 35.3 Å². The highest BCUT2D eigenvalue weighted by Crippen LogP contribution is 2.43. The summed E-state index contributed by atoms with van der Waals surface area (Å²) in [5, 5.41) is 3.17. The number of carbonyl (C=O) groups excluding carboxylic acids is 4. The van der Waals surface area contributed by atoms with E-state index in [1.807, 2.05) is 0 Å². The van der Waals surface area contributed by atoms with Crippen LogP contribution in [0.5, 0.6) is 17.2 Å². The van der Waals surface area contributed by atoms with Gasteiger partial charge in [-0.15, -0.1) is 0 Å². The Bertz CT molecular complexity index is 1520. The number of aromatic nitrogens is 2. The van der Waals surface area contributed by atoms with Crippen LogP contribution in [0.4, 0.5) is 9.59 Å². The minimum absolute atomic E-state index is 0.238. The van der Waals surface area contributed by atoms with Crippen LogP contribution in [0.3, 0.4) is 0 Å². The highest BCUT2D eigenvalue weighted by Gasteiger charge is 2.34. The highest BCUT2D eigenvalue weighted by molar-refractivity contribution is 6.50. The molecule has 0 atom stereocenters. The van der Waals surface area contributed by atoms with Gasteiger partial charge in [0.2, 0.25) is 5.75 Å². The second kappa shape index (κ2) is 12.8. The Hall–Kier alpha value is -5.07. The van der Waals surface area contributed by atoms with Gasteiger partial charge in [-0.1, -0.05) is 0 Å². The molecule has 43 heavy (non-hydrogen) atoms. The fourth-order valence-electron chi connectivity index (χ4n) is 4.00. The van der Waals surface area contributed by atoms with Crippen molar-refractivity contribution in [3.8, 4) is 17.2 Å². The van der Waals surface area contributed by atoms with Gasteiger partial charge in [0.05, 0.1) is 44.2 Å². The van der Waals surface area contributed by atoms with Crippen molar-refractivity contribution < 1.29 is 47.6 Å². The van der Waals surface area contributed by atoms with Gasteiger partial charge < -0.3 is 33.4 Å². The molecule has 3 heterocycles. The Balaban J connectivity index is 0.000000289. The van der Waals surface area contributed by atoms with E-state index in [-0.39, 0.29) is 11.1 Å². The lowest BCUT2D eigenvalue weighted by Crippen LogP contribution is -2.29. The van der Waals surface area contributed by atoms with Gasteiger partial charge in [-0.25, -0.2) is 9.59 Å². The van der Waals surface area contributed by atoms with Gasteiger partial charge in [-0.3, -0.25) is 19.9 Å². The summed E-state index contributed by atoms with van der Waals surface area (Å²) in [6.07, 6.45) is 2.87. The van der Waals surface area contributed by atoms with Gasteiger partial charge in [0.1, 0.15) is 11.2 Å². The molecule has 0 fully saturated rings. The number of pyridine rings is 1. The Labute approximate surface area is 248 Å². The maximum atomic E-state index is 12.7. The molecule has 230 valence electrons. The molecular weight excluding hydrogens is 562 g/mol. The monoisotopic (exact) mass is 597 g/mol. The SMILES string of the molecule is CC(C)(C)OC(=O)OC(=O)OC(C)(C)C.COc1cc(C2=C(c3c[nH]c4cnccc34)C(=O)NC2=O)cc(OC)c1OC. The smallest absolute Gasteiger partial charge is 0.493 e. The predicted molar refractivity (Wildman–Crippen MR) is 156 cm³/mol. The quantitative estimate of drug-likeness (QED) is 0.230. The molecular formula is C30H35N3O10. The summed E-state index contributed by atoms with van der Waals surface area (Å²) in [5.41, 5.74) is 0.985. The third-order valence-electron chi connectivity index (χ3n) is 5.58. The summed E-state index contributed by atoms with van der Waals surface area (Å²) in [6, 6.07) is 5.08. The number of methoxy groups -OCH3 is 3. The first-order valence-corrected chi connectivity index (χ1v) is 13.0. The van der Waals surface area contributed by atoms with Crippen LogP contribution in [0.2, 0.25) is 0 Å². The van der Waals surface area contributed by atoms with Gasteiger partial charge in [-0.2, -0.15) is 0 Å². The van der Waals surface area contributed by atoms with Gasteiger partial charge in [0.15, 0.2) is 11.5 Å². The standard InChI is InChI=1S/C20H17N3O5.C10H18O5/c1-26-14-6-10(7-15(27-2)18(14)28-3)16-17(20(25)23-19(16)24)12-8-22-13-9-21-5-4-11(12)13;1-9(2,3)14-7(11)13-8(12)15-10(4,5)6/h4-9,22H,1-3H3,(H,23,24,25);1-6H3. The van der Waals surface area contributed by atoms with Gasteiger partial charge in [0.25, 0.3) is 11.8 Å². The molecule has 4 rings (SSSR count). The van der Waals surface area contributed by atoms with Crippen molar-refractivity contribution in [3.63, 3.8) is 0 Å². The predicted octanol–water partition coefficient (Wildman–Crippen LogP) is 5.03. The molecule has 0 aliphatic carbocycles. The number of imide groups is 1. The normalized spacial score (nSPS) is 13.1. The van der Waals surface area contributed by atoms with E-state index in [1.165, 1.54) is 21.3 Å². The number of hydrogen-bond acceptors (Lipinski definition) is 11.